The number of anilines is 1. The third-order valence-corrected chi connectivity index (χ3v) is 3.60. The van der Waals surface area contributed by atoms with Crippen molar-refractivity contribution in [2.24, 2.45) is 0 Å². The summed E-state index contributed by atoms with van der Waals surface area (Å²) in [5.41, 5.74) is 0.262. The van der Waals surface area contributed by atoms with Crippen LogP contribution in [0.25, 0.3) is 0 Å². The molecule has 0 fully saturated rings. The summed E-state index contributed by atoms with van der Waals surface area (Å²) in [5.74, 6) is -0.559. The molecule has 0 aromatic heterocycles. The van der Waals surface area contributed by atoms with Gasteiger partial charge in [-0.15, -0.1) is 0 Å². The minimum atomic E-state index is -0.843. The average molecular weight is 364 g/mol. The second-order valence-corrected chi connectivity index (χ2v) is 5.99. The molecule has 26 heavy (non-hydrogen) atoms. The van der Waals surface area contributed by atoms with Crippen molar-refractivity contribution in [3.63, 3.8) is 0 Å². The number of hydrogen-bond acceptors (Lipinski definition) is 3. The van der Waals surface area contributed by atoms with E-state index in [0.717, 1.165) is 17.7 Å². The molecule has 0 aliphatic rings. The summed E-state index contributed by atoms with van der Waals surface area (Å²) in [5, 5.41) is 4.82. The standard InChI is InChI=1S/C19H22F2N2O3/c1-11(2)26-16-9-8-13(10-17(16)25-4)12(3)22-19(24)23-18-14(20)6-5-7-15(18)21/h5-12H,1-4H3,(H2,22,23,24). The summed E-state index contributed by atoms with van der Waals surface area (Å²) < 4.78 is 38.2. The molecule has 0 aliphatic heterocycles. The number of rotatable bonds is 6. The van der Waals surface area contributed by atoms with Gasteiger partial charge in [-0.05, 0) is 50.6 Å². The van der Waals surface area contributed by atoms with Crippen molar-refractivity contribution in [2.45, 2.75) is 32.9 Å². The van der Waals surface area contributed by atoms with E-state index in [4.69, 9.17) is 9.47 Å². The van der Waals surface area contributed by atoms with Crippen LogP contribution in [0.2, 0.25) is 0 Å². The molecular weight excluding hydrogens is 342 g/mol. The van der Waals surface area contributed by atoms with Crippen LogP contribution in [-0.2, 0) is 0 Å². The molecule has 2 rings (SSSR count). The molecule has 2 aromatic carbocycles. The van der Waals surface area contributed by atoms with E-state index in [2.05, 4.69) is 10.6 Å². The summed E-state index contributed by atoms with van der Waals surface area (Å²) in [6.45, 7) is 5.56. The number of halogens is 2. The summed E-state index contributed by atoms with van der Waals surface area (Å²) in [6, 6.07) is 7.50. The van der Waals surface area contributed by atoms with Gasteiger partial charge in [-0.25, -0.2) is 13.6 Å². The van der Waals surface area contributed by atoms with Gasteiger partial charge in [0.15, 0.2) is 11.5 Å². The lowest BCUT2D eigenvalue weighted by atomic mass is 10.1. The molecule has 5 nitrogen and oxygen atoms in total. The number of benzene rings is 2. The Kier molecular flexibility index (Phi) is 6.38. The van der Waals surface area contributed by atoms with Gasteiger partial charge in [0, 0.05) is 0 Å². The smallest absolute Gasteiger partial charge is 0.319 e. The lowest BCUT2D eigenvalue weighted by Gasteiger charge is -2.18. The zero-order valence-electron chi connectivity index (χ0n) is 15.1. The summed E-state index contributed by atoms with van der Waals surface area (Å²) >= 11 is 0. The maximum Gasteiger partial charge on any atom is 0.319 e. The first-order valence-electron chi connectivity index (χ1n) is 8.18. The molecule has 0 saturated heterocycles. The quantitative estimate of drug-likeness (QED) is 0.785. The molecule has 2 aromatic rings. The molecule has 0 saturated carbocycles. The van der Waals surface area contributed by atoms with Crippen LogP contribution < -0.4 is 20.1 Å². The molecule has 1 unspecified atom stereocenters. The van der Waals surface area contributed by atoms with Gasteiger partial charge in [0.25, 0.3) is 0 Å². The van der Waals surface area contributed by atoms with Crippen LogP contribution in [-0.4, -0.2) is 19.2 Å². The first-order valence-corrected chi connectivity index (χ1v) is 8.18. The van der Waals surface area contributed by atoms with E-state index in [1.54, 1.807) is 25.1 Å². The third kappa shape index (κ3) is 4.84. The Morgan fingerprint density at radius 3 is 2.27 bits per heavy atom. The predicted molar refractivity (Wildman–Crippen MR) is 95.7 cm³/mol. The Bertz CT molecular complexity index is 761. The van der Waals surface area contributed by atoms with Crippen molar-refractivity contribution < 1.29 is 23.0 Å². The van der Waals surface area contributed by atoms with Crippen LogP contribution >= 0.6 is 0 Å². The van der Waals surface area contributed by atoms with Crippen LogP contribution in [0.1, 0.15) is 32.4 Å². The highest BCUT2D eigenvalue weighted by Gasteiger charge is 2.16. The number of carbonyl (C=O) groups excluding carboxylic acids is 1. The van der Waals surface area contributed by atoms with Gasteiger partial charge in [0.1, 0.15) is 17.3 Å². The van der Waals surface area contributed by atoms with Gasteiger partial charge in [0.2, 0.25) is 0 Å². The van der Waals surface area contributed by atoms with Crippen LogP contribution in [0.15, 0.2) is 36.4 Å². The van der Waals surface area contributed by atoms with E-state index in [9.17, 15) is 13.6 Å². The lowest BCUT2D eigenvalue weighted by molar-refractivity contribution is 0.230. The fourth-order valence-corrected chi connectivity index (χ4v) is 2.35. The second-order valence-electron chi connectivity index (χ2n) is 5.99. The zero-order chi connectivity index (χ0) is 19.3. The number of methoxy groups -OCH3 is 1. The van der Waals surface area contributed by atoms with E-state index in [0.29, 0.717) is 11.5 Å². The van der Waals surface area contributed by atoms with E-state index < -0.39 is 29.4 Å². The van der Waals surface area contributed by atoms with Crippen molar-refractivity contribution in [2.75, 3.05) is 12.4 Å². The van der Waals surface area contributed by atoms with Crippen molar-refractivity contribution in [1.82, 2.24) is 5.32 Å². The molecule has 2 amide bonds. The fourth-order valence-electron chi connectivity index (χ4n) is 2.35. The molecule has 0 bridgehead atoms. The number of hydrogen-bond donors (Lipinski definition) is 2. The molecule has 0 heterocycles. The highest BCUT2D eigenvalue weighted by molar-refractivity contribution is 5.89. The fraction of sp³-hybridized carbons (Fsp3) is 0.316. The molecule has 0 spiro atoms. The first-order chi connectivity index (χ1) is 12.3. The molecular formula is C19H22F2N2O3. The molecule has 2 N–H and O–H groups in total. The van der Waals surface area contributed by atoms with Crippen molar-refractivity contribution in [1.29, 1.82) is 0 Å². The molecule has 7 heteroatoms. The third-order valence-electron chi connectivity index (χ3n) is 3.60. The molecule has 0 radical (unpaired) electrons. The van der Waals surface area contributed by atoms with Gasteiger partial charge in [-0.1, -0.05) is 12.1 Å². The maximum absolute atomic E-state index is 13.6. The van der Waals surface area contributed by atoms with Crippen molar-refractivity contribution in [3.8, 4) is 11.5 Å². The van der Waals surface area contributed by atoms with Crippen molar-refractivity contribution >= 4 is 11.7 Å². The highest BCUT2D eigenvalue weighted by Crippen LogP contribution is 2.31. The van der Waals surface area contributed by atoms with Crippen LogP contribution in [0.4, 0.5) is 19.3 Å². The number of urea groups is 1. The highest BCUT2D eigenvalue weighted by atomic mass is 19.1. The summed E-state index contributed by atoms with van der Waals surface area (Å²) in [7, 11) is 1.53. The average Bonchev–Trinajstić information content (AvgIpc) is 2.58. The Morgan fingerprint density at radius 1 is 1.04 bits per heavy atom. The van der Waals surface area contributed by atoms with E-state index in [-0.39, 0.29) is 6.10 Å². The van der Waals surface area contributed by atoms with E-state index >= 15 is 0 Å². The minimum absolute atomic E-state index is 0.00765. The Morgan fingerprint density at radius 2 is 1.69 bits per heavy atom. The summed E-state index contributed by atoms with van der Waals surface area (Å²) in [4.78, 5) is 12.1. The van der Waals surface area contributed by atoms with Gasteiger partial charge in [-0.3, -0.25) is 0 Å². The van der Waals surface area contributed by atoms with Gasteiger partial charge in [-0.2, -0.15) is 0 Å². The van der Waals surface area contributed by atoms with Crippen molar-refractivity contribution in [3.05, 3.63) is 53.6 Å². The normalized spacial score (nSPS) is 11.8. The lowest BCUT2D eigenvalue weighted by Crippen LogP contribution is -2.31. The number of ether oxygens (including phenoxy) is 2. The van der Waals surface area contributed by atoms with Crippen LogP contribution in [0.3, 0.4) is 0 Å². The SMILES string of the molecule is COc1cc(C(C)NC(=O)Nc2c(F)cccc2F)ccc1OC(C)C. The Hall–Kier alpha value is -2.83. The van der Waals surface area contributed by atoms with Gasteiger partial charge < -0.3 is 20.1 Å². The van der Waals surface area contributed by atoms with E-state index in [1.165, 1.54) is 13.2 Å². The first kappa shape index (κ1) is 19.5. The molecule has 0 aliphatic carbocycles. The van der Waals surface area contributed by atoms with Crippen LogP contribution in [0.5, 0.6) is 11.5 Å². The zero-order valence-corrected chi connectivity index (χ0v) is 15.1. The summed E-state index contributed by atoms with van der Waals surface area (Å²) in [6.07, 6.45) is -0.00765. The van der Waals surface area contributed by atoms with E-state index in [1.807, 2.05) is 13.8 Å². The largest absolute Gasteiger partial charge is 0.493 e. The minimum Gasteiger partial charge on any atom is -0.493 e. The van der Waals surface area contributed by atoms with Gasteiger partial charge in [0.05, 0.1) is 19.3 Å². The molecule has 1 atom stereocenters. The van der Waals surface area contributed by atoms with Gasteiger partial charge >= 0.3 is 6.03 Å². The Balaban J connectivity index is 2.09. The second kappa shape index (κ2) is 8.51. The maximum atomic E-state index is 13.6. The Labute approximate surface area is 151 Å². The number of amides is 2. The topological polar surface area (TPSA) is 59.6 Å². The number of nitrogens with one attached hydrogen (secondary N) is 2. The number of carbonyl (C=O) groups is 1. The molecule has 140 valence electrons. The monoisotopic (exact) mass is 364 g/mol. The predicted octanol–water partition coefficient (Wildman–Crippen LogP) is 4.64. The van der Waals surface area contributed by atoms with Crippen LogP contribution in [0, 0.1) is 11.6 Å². The number of para-hydroxylation sites is 1.